The summed E-state index contributed by atoms with van der Waals surface area (Å²) >= 11 is 0. The normalized spacial score (nSPS) is 10.3. The number of para-hydroxylation sites is 1. The summed E-state index contributed by atoms with van der Waals surface area (Å²) in [5, 5.41) is 9.50. The van der Waals surface area contributed by atoms with E-state index in [4.69, 9.17) is 14.2 Å². The molecule has 2 N–H and O–H groups in total. The Morgan fingerprint density at radius 2 is 1.85 bits per heavy atom. The summed E-state index contributed by atoms with van der Waals surface area (Å²) in [4.78, 5) is 16.8. The second-order valence-corrected chi connectivity index (χ2v) is 5.46. The number of carbonyl (C=O) groups is 1. The maximum atomic E-state index is 12.5. The summed E-state index contributed by atoms with van der Waals surface area (Å²) in [5.74, 6) is 2.01. The van der Waals surface area contributed by atoms with Gasteiger partial charge in [0.1, 0.15) is 5.75 Å². The summed E-state index contributed by atoms with van der Waals surface area (Å²) in [5.41, 5.74) is 1.15. The highest BCUT2D eigenvalue weighted by Crippen LogP contribution is 2.29. The van der Waals surface area contributed by atoms with Gasteiger partial charge in [0.15, 0.2) is 17.3 Å². The zero-order valence-corrected chi connectivity index (χ0v) is 15.3. The molecule has 140 valence electrons. The van der Waals surface area contributed by atoms with Gasteiger partial charge in [0, 0.05) is 5.56 Å². The fourth-order valence-corrected chi connectivity index (χ4v) is 2.54. The van der Waals surface area contributed by atoms with Crippen LogP contribution in [0.2, 0.25) is 0 Å². The Morgan fingerprint density at radius 3 is 2.59 bits per heavy atom. The Morgan fingerprint density at radius 1 is 1.07 bits per heavy atom. The molecule has 0 atom stereocenters. The summed E-state index contributed by atoms with van der Waals surface area (Å²) < 4.78 is 16.0. The third-order valence-electron chi connectivity index (χ3n) is 3.80. The fraction of sp³-hybridized carbons (Fsp3) is 0.211. The van der Waals surface area contributed by atoms with Gasteiger partial charge in [0.25, 0.3) is 5.91 Å². The molecule has 1 heterocycles. The van der Waals surface area contributed by atoms with E-state index in [-0.39, 0.29) is 11.9 Å². The van der Waals surface area contributed by atoms with E-state index < -0.39 is 0 Å². The van der Waals surface area contributed by atoms with Crippen LogP contribution in [0.1, 0.15) is 17.3 Å². The molecule has 0 aliphatic rings. The largest absolute Gasteiger partial charge is 0.496 e. The van der Waals surface area contributed by atoms with Crippen LogP contribution in [0.4, 0.5) is 5.95 Å². The number of hydrogen-bond acceptors (Lipinski definition) is 6. The van der Waals surface area contributed by atoms with E-state index in [9.17, 15) is 4.79 Å². The lowest BCUT2D eigenvalue weighted by atomic mass is 10.2. The van der Waals surface area contributed by atoms with Crippen LogP contribution >= 0.6 is 0 Å². The van der Waals surface area contributed by atoms with Gasteiger partial charge in [-0.3, -0.25) is 15.2 Å². The number of ether oxygens (including phenoxy) is 3. The highest BCUT2D eigenvalue weighted by atomic mass is 16.5. The first-order valence-electron chi connectivity index (χ1n) is 8.34. The number of carbonyl (C=O) groups excluding carboxylic acids is 1. The topological polar surface area (TPSA) is 98.4 Å². The molecule has 0 aliphatic carbocycles. The van der Waals surface area contributed by atoms with Crippen LogP contribution in [-0.4, -0.2) is 41.9 Å². The molecule has 0 saturated heterocycles. The van der Waals surface area contributed by atoms with Crippen LogP contribution in [0.25, 0.3) is 11.4 Å². The van der Waals surface area contributed by atoms with Crippen LogP contribution < -0.4 is 19.5 Å². The number of hydrogen-bond donors (Lipinski definition) is 2. The first-order valence-corrected chi connectivity index (χ1v) is 8.34. The first kappa shape index (κ1) is 18.2. The van der Waals surface area contributed by atoms with E-state index in [0.717, 1.165) is 5.56 Å². The SMILES string of the molecule is CCOc1ccc(C(=O)Nc2n[nH]c(-c3ccccc3OC)n2)cc1OC. The molecule has 1 aromatic heterocycles. The molecule has 0 aliphatic heterocycles. The summed E-state index contributed by atoms with van der Waals surface area (Å²) in [6.45, 7) is 2.38. The van der Waals surface area contributed by atoms with E-state index in [1.165, 1.54) is 7.11 Å². The quantitative estimate of drug-likeness (QED) is 0.665. The Hall–Kier alpha value is -3.55. The minimum Gasteiger partial charge on any atom is -0.496 e. The molecule has 2 aromatic carbocycles. The number of aromatic nitrogens is 3. The molecule has 0 spiro atoms. The monoisotopic (exact) mass is 368 g/mol. The predicted molar refractivity (Wildman–Crippen MR) is 100 cm³/mol. The minimum atomic E-state index is -0.359. The van der Waals surface area contributed by atoms with Gasteiger partial charge in [0.2, 0.25) is 5.95 Å². The number of nitrogens with zero attached hydrogens (tertiary/aromatic N) is 2. The van der Waals surface area contributed by atoms with Crippen molar-refractivity contribution in [3.05, 3.63) is 48.0 Å². The second kappa shape index (κ2) is 8.22. The van der Waals surface area contributed by atoms with Gasteiger partial charge >= 0.3 is 0 Å². The minimum absolute atomic E-state index is 0.161. The molecule has 0 bridgehead atoms. The standard InChI is InChI=1S/C19H20N4O4/c1-4-27-15-10-9-12(11-16(15)26-3)18(24)21-19-20-17(22-23-19)13-7-5-6-8-14(13)25-2/h5-11H,4H2,1-3H3,(H2,20,21,22,23,24). The molecule has 8 heteroatoms. The molecule has 0 saturated carbocycles. The van der Waals surface area contributed by atoms with Crippen molar-refractivity contribution < 1.29 is 19.0 Å². The fourth-order valence-electron chi connectivity index (χ4n) is 2.54. The molecule has 27 heavy (non-hydrogen) atoms. The molecular weight excluding hydrogens is 348 g/mol. The van der Waals surface area contributed by atoms with Gasteiger partial charge in [-0.15, -0.1) is 5.10 Å². The molecular formula is C19H20N4O4. The molecule has 8 nitrogen and oxygen atoms in total. The second-order valence-electron chi connectivity index (χ2n) is 5.46. The molecule has 0 fully saturated rings. The van der Waals surface area contributed by atoms with E-state index in [1.807, 2.05) is 31.2 Å². The van der Waals surface area contributed by atoms with Gasteiger partial charge in [-0.25, -0.2) is 0 Å². The number of anilines is 1. The number of nitrogens with one attached hydrogen (secondary N) is 2. The predicted octanol–water partition coefficient (Wildman–Crippen LogP) is 3.14. The number of benzene rings is 2. The molecule has 0 radical (unpaired) electrons. The van der Waals surface area contributed by atoms with Crippen molar-refractivity contribution >= 4 is 11.9 Å². The summed E-state index contributed by atoms with van der Waals surface area (Å²) in [6.07, 6.45) is 0. The Bertz CT molecular complexity index is 939. The number of amides is 1. The van der Waals surface area contributed by atoms with Crippen molar-refractivity contribution in [1.29, 1.82) is 0 Å². The molecule has 0 unspecified atom stereocenters. The number of rotatable bonds is 7. The van der Waals surface area contributed by atoms with E-state index >= 15 is 0 Å². The zero-order chi connectivity index (χ0) is 19.2. The maximum Gasteiger partial charge on any atom is 0.258 e. The maximum absolute atomic E-state index is 12.5. The van der Waals surface area contributed by atoms with Gasteiger partial charge in [-0.2, -0.15) is 4.98 Å². The number of aromatic amines is 1. The average molecular weight is 368 g/mol. The van der Waals surface area contributed by atoms with Crippen molar-refractivity contribution in [2.24, 2.45) is 0 Å². The number of H-pyrrole nitrogens is 1. The van der Waals surface area contributed by atoms with E-state index in [0.29, 0.717) is 35.2 Å². The van der Waals surface area contributed by atoms with Crippen LogP contribution in [-0.2, 0) is 0 Å². The number of methoxy groups -OCH3 is 2. The lowest BCUT2D eigenvalue weighted by molar-refractivity contribution is 0.102. The zero-order valence-electron chi connectivity index (χ0n) is 15.3. The Balaban J connectivity index is 1.78. The lowest BCUT2D eigenvalue weighted by Gasteiger charge is -2.10. The highest BCUT2D eigenvalue weighted by molar-refractivity contribution is 6.03. The highest BCUT2D eigenvalue weighted by Gasteiger charge is 2.15. The van der Waals surface area contributed by atoms with Gasteiger partial charge < -0.3 is 14.2 Å². The van der Waals surface area contributed by atoms with Crippen LogP contribution in [0.15, 0.2) is 42.5 Å². The molecule has 3 aromatic rings. The van der Waals surface area contributed by atoms with Crippen molar-refractivity contribution in [2.75, 3.05) is 26.1 Å². The summed E-state index contributed by atoms with van der Waals surface area (Å²) in [7, 11) is 3.10. The van der Waals surface area contributed by atoms with Crippen molar-refractivity contribution in [1.82, 2.24) is 15.2 Å². The Kier molecular flexibility index (Phi) is 5.55. The first-order chi connectivity index (χ1) is 13.2. The van der Waals surface area contributed by atoms with Crippen LogP contribution in [0.5, 0.6) is 17.2 Å². The van der Waals surface area contributed by atoms with Crippen molar-refractivity contribution in [3.8, 4) is 28.6 Å². The smallest absolute Gasteiger partial charge is 0.258 e. The lowest BCUT2D eigenvalue weighted by Crippen LogP contribution is -2.13. The van der Waals surface area contributed by atoms with Gasteiger partial charge in [0.05, 0.1) is 26.4 Å². The Labute approximate surface area is 156 Å². The van der Waals surface area contributed by atoms with Crippen molar-refractivity contribution in [2.45, 2.75) is 6.92 Å². The van der Waals surface area contributed by atoms with Crippen molar-refractivity contribution in [3.63, 3.8) is 0 Å². The van der Waals surface area contributed by atoms with Gasteiger partial charge in [-0.1, -0.05) is 12.1 Å². The van der Waals surface area contributed by atoms with E-state index in [1.54, 1.807) is 25.3 Å². The summed E-state index contributed by atoms with van der Waals surface area (Å²) in [6, 6.07) is 12.3. The third-order valence-corrected chi connectivity index (χ3v) is 3.80. The van der Waals surface area contributed by atoms with Crippen LogP contribution in [0, 0.1) is 0 Å². The van der Waals surface area contributed by atoms with Crippen LogP contribution in [0.3, 0.4) is 0 Å². The van der Waals surface area contributed by atoms with Gasteiger partial charge in [-0.05, 0) is 37.3 Å². The molecule has 1 amide bonds. The van der Waals surface area contributed by atoms with E-state index in [2.05, 4.69) is 20.5 Å². The molecule has 3 rings (SSSR count). The third kappa shape index (κ3) is 4.00. The average Bonchev–Trinajstić information content (AvgIpc) is 3.16.